The van der Waals surface area contributed by atoms with E-state index in [1.807, 2.05) is 0 Å². The quantitative estimate of drug-likeness (QED) is 0.693. The van der Waals surface area contributed by atoms with E-state index in [9.17, 15) is 4.79 Å². The summed E-state index contributed by atoms with van der Waals surface area (Å²) in [7, 11) is 0. The van der Waals surface area contributed by atoms with Crippen LogP contribution in [0.1, 0.15) is 39.0 Å². The third kappa shape index (κ3) is 2.24. The van der Waals surface area contributed by atoms with Crippen molar-refractivity contribution in [2.24, 2.45) is 17.8 Å². The van der Waals surface area contributed by atoms with Crippen molar-refractivity contribution in [1.82, 2.24) is 5.32 Å². The molecule has 2 aliphatic carbocycles. The molecule has 0 spiro atoms. The van der Waals surface area contributed by atoms with Crippen molar-refractivity contribution in [3.05, 3.63) is 12.7 Å². The molecule has 4 unspecified atom stereocenters. The zero-order valence-electron chi connectivity index (χ0n) is 9.54. The van der Waals surface area contributed by atoms with Crippen LogP contribution in [0.25, 0.3) is 0 Å². The van der Waals surface area contributed by atoms with Crippen LogP contribution in [-0.4, -0.2) is 11.9 Å². The summed E-state index contributed by atoms with van der Waals surface area (Å²) in [4.78, 5) is 11.4. The molecule has 0 aromatic carbocycles. The second kappa shape index (κ2) is 4.38. The fraction of sp³-hybridized carbons (Fsp3) is 0.769. The zero-order chi connectivity index (χ0) is 10.8. The summed E-state index contributed by atoms with van der Waals surface area (Å²) in [6, 6.07) is 0.395. The van der Waals surface area contributed by atoms with Gasteiger partial charge in [0, 0.05) is 6.04 Å². The van der Waals surface area contributed by atoms with Gasteiger partial charge in [0.2, 0.25) is 5.91 Å². The Hall–Kier alpha value is -0.790. The molecule has 0 aliphatic heterocycles. The summed E-state index contributed by atoms with van der Waals surface area (Å²) >= 11 is 0. The van der Waals surface area contributed by atoms with E-state index in [1.165, 1.54) is 38.2 Å². The number of fused-ring (bicyclic) bond motifs is 2. The van der Waals surface area contributed by atoms with Crippen molar-refractivity contribution in [3.8, 4) is 0 Å². The molecule has 84 valence electrons. The summed E-state index contributed by atoms with van der Waals surface area (Å²) in [5.74, 6) is 2.28. The highest BCUT2D eigenvalue weighted by atomic mass is 16.1. The summed E-state index contributed by atoms with van der Waals surface area (Å²) in [5, 5.41) is 3.12. The highest BCUT2D eigenvalue weighted by Gasteiger charge is 2.38. The lowest BCUT2D eigenvalue weighted by Gasteiger charge is -2.44. The Bertz CT molecular complexity index is 259. The average molecular weight is 207 g/mol. The van der Waals surface area contributed by atoms with E-state index in [-0.39, 0.29) is 5.91 Å². The normalized spacial score (nSPS) is 39.5. The molecule has 0 aromatic heterocycles. The van der Waals surface area contributed by atoms with Gasteiger partial charge in [0.25, 0.3) is 0 Å². The lowest BCUT2D eigenvalue weighted by molar-refractivity contribution is -0.118. The Morgan fingerprint density at radius 1 is 1.40 bits per heavy atom. The van der Waals surface area contributed by atoms with Gasteiger partial charge in [0.15, 0.2) is 0 Å². The monoisotopic (exact) mass is 207 g/mol. The SMILES string of the molecule is C=CC(=O)NC1C(C)CC2CCCC1C2. The third-order valence-corrected chi connectivity index (χ3v) is 4.14. The Morgan fingerprint density at radius 3 is 2.93 bits per heavy atom. The number of hydrogen-bond acceptors (Lipinski definition) is 1. The standard InChI is InChI=1S/C13H21NO/c1-3-12(15)14-13-9(2)7-10-5-4-6-11(13)8-10/h3,9-11,13H,1,4-8H2,2H3,(H,14,15). The van der Waals surface area contributed by atoms with Crippen molar-refractivity contribution < 1.29 is 4.79 Å². The van der Waals surface area contributed by atoms with Crippen LogP contribution < -0.4 is 5.32 Å². The molecule has 0 aromatic rings. The van der Waals surface area contributed by atoms with Crippen molar-refractivity contribution in [2.45, 2.75) is 45.1 Å². The van der Waals surface area contributed by atoms with E-state index in [1.54, 1.807) is 0 Å². The lowest BCUT2D eigenvalue weighted by atomic mass is 9.65. The molecule has 0 radical (unpaired) electrons. The minimum atomic E-state index is -0.00382. The summed E-state index contributed by atoms with van der Waals surface area (Å²) in [6.45, 7) is 5.80. The second-order valence-electron chi connectivity index (χ2n) is 5.24. The topological polar surface area (TPSA) is 29.1 Å². The molecule has 0 saturated heterocycles. The van der Waals surface area contributed by atoms with Crippen LogP contribution in [-0.2, 0) is 4.79 Å². The number of rotatable bonds is 2. The molecular weight excluding hydrogens is 186 g/mol. The van der Waals surface area contributed by atoms with Gasteiger partial charge in [-0.15, -0.1) is 0 Å². The van der Waals surface area contributed by atoms with Gasteiger partial charge in [0.1, 0.15) is 0 Å². The Morgan fingerprint density at radius 2 is 2.20 bits per heavy atom. The molecule has 2 bridgehead atoms. The van der Waals surface area contributed by atoms with Gasteiger partial charge >= 0.3 is 0 Å². The Kier molecular flexibility index (Phi) is 3.13. The van der Waals surface area contributed by atoms with E-state index in [0.29, 0.717) is 12.0 Å². The van der Waals surface area contributed by atoms with Gasteiger partial charge in [-0.25, -0.2) is 0 Å². The van der Waals surface area contributed by atoms with Crippen LogP contribution in [0.2, 0.25) is 0 Å². The maximum Gasteiger partial charge on any atom is 0.243 e. The van der Waals surface area contributed by atoms with Crippen LogP contribution in [0, 0.1) is 17.8 Å². The fourth-order valence-corrected chi connectivity index (χ4v) is 3.49. The van der Waals surface area contributed by atoms with Gasteiger partial charge in [-0.2, -0.15) is 0 Å². The van der Waals surface area contributed by atoms with Crippen LogP contribution in [0.3, 0.4) is 0 Å². The second-order valence-corrected chi connectivity index (χ2v) is 5.24. The number of hydrogen-bond donors (Lipinski definition) is 1. The van der Waals surface area contributed by atoms with Gasteiger partial charge in [-0.05, 0) is 43.1 Å². The molecule has 2 nitrogen and oxygen atoms in total. The third-order valence-electron chi connectivity index (χ3n) is 4.14. The first-order valence-electron chi connectivity index (χ1n) is 6.13. The first-order valence-corrected chi connectivity index (χ1v) is 6.13. The highest BCUT2D eigenvalue weighted by Crippen LogP contribution is 2.42. The maximum absolute atomic E-state index is 11.4. The zero-order valence-corrected chi connectivity index (χ0v) is 9.54. The first kappa shape index (κ1) is 10.7. The van der Waals surface area contributed by atoms with E-state index in [2.05, 4.69) is 18.8 Å². The van der Waals surface area contributed by atoms with E-state index in [0.717, 1.165) is 11.8 Å². The smallest absolute Gasteiger partial charge is 0.243 e. The first-order chi connectivity index (χ1) is 7.20. The van der Waals surface area contributed by atoms with E-state index >= 15 is 0 Å². The molecule has 2 heteroatoms. The van der Waals surface area contributed by atoms with E-state index < -0.39 is 0 Å². The van der Waals surface area contributed by atoms with Crippen LogP contribution in [0.5, 0.6) is 0 Å². The fourth-order valence-electron chi connectivity index (χ4n) is 3.49. The molecule has 2 saturated carbocycles. The Labute approximate surface area is 92.1 Å². The van der Waals surface area contributed by atoms with Crippen LogP contribution >= 0.6 is 0 Å². The van der Waals surface area contributed by atoms with Crippen LogP contribution in [0.15, 0.2) is 12.7 Å². The predicted molar refractivity (Wildman–Crippen MR) is 61.4 cm³/mol. The molecule has 0 heterocycles. The highest BCUT2D eigenvalue weighted by molar-refractivity contribution is 5.87. The number of carbonyl (C=O) groups excluding carboxylic acids is 1. The van der Waals surface area contributed by atoms with Crippen LogP contribution in [0.4, 0.5) is 0 Å². The predicted octanol–water partition coefficient (Wildman–Crippen LogP) is 2.50. The van der Waals surface area contributed by atoms with Gasteiger partial charge < -0.3 is 5.32 Å². The molecule has 2 aliphatic rings. The molecule has 1 amide bonds. The maximum atomic E-state index is 11.4. The van der Waals surface area contributed by atoms with Gasteiger partial charge in [-0.3, -0.25) is 4.79 Å². The number of nitrogens with one attached hydrogen (secondary N) is 1. The molecule has 2 rings (SSSR count). The van der Waals surface area contributed by atoms with Crippen molar-refractivity contribution >= 4 is 5.91 Å². The number of amides is 1. The summed E-state index contributed by atoms with van der Waals surface area (Å²) in [6.07, 6.45) is 8.06. The average Bonchev–Trinajstić information content (AvgIpc) is 2.24. The molecular formula is C13H21NO. The largest absolute Gasteiger partial charge is 0.349 e. The van der Waals surface area contributed by atoms with Gasteiger partial charge in [-0.1, -0.05) is 26.3 Å². The summed E-state index contributed by atoms with van der Waals surface area (Å²) in [5.41, 5.74) is 0. The molecule has 1 N–H and O–H groups in total. The molecule has 15 heavy (non-hydrogen) atoms. The lowest BCUT2D eigenvalue weighted by Crippen LogP contribution is -2.49. The van der Waals surface area contributed by atoms with Crippen molar-refractivity contribution in [1.29, 1.82) is 0 Å². The van der Waals surface area contributed by atoms with Crippen molar-refractivity contribution in [2.75, 3.05) is 0 Å². The minimum absolute atomic E-state index is 0.00382. The molecule has 2 fully saturated rings. The van der Waals surface area contributed by atoms with Crippen molar-refractivity contribution in [3.63, 3.8) is 0 Å². The number of carbonyl (C=O) groups is 1. The Balaban J connectivity index is 2.02. The van der Waals surface area contributed by atoms with Gasteiger partial charge in [0.05, 0.1) is 0 Å². The van der Waals surface area contributed by atoms with E-state index in [4.69, 9.17) is 0 Å². The molecule has 4 atom stereocenters. The summed E-state index contributed by atoms with van der Waals surface area (Å²) < 4.78 is 0. The minimum Gasteiger partial charge on any atom is -0.349 e.